The van der Waals surface area contributed by atoms with E-state index >= 15 is 0 Å². The van der Waals surface area contributed by atoms with Gasteiger partial charge >= 0.3 is 0 Å². The molecule has 1 saturated carbocycles. The molecule has 6 nitrogen and oxygen atoms in total. The number of para-hydroxylation sites is 2. The average Bonchev–Trinajstić information content (AvgIpc) is 3.40. The van der Waals surface area contributed by atoms with Crippen LogP contribution in [0.1, 0.15) is 38.4 Å². The van der Waals surface area contributed by atoms with Crippen molar-refractivity contribution in [1.29, 1.82) is 0 Å². The van der Waals surface area contributed by atoms with Crippen molar-refractivity contribution in [2.24, 2.45) is 0 Å². The Morgan fingerprint density at radius 3 is 2.92 bits per heavy atom. The smallest absolute Gasteiger partial charge is 0.237 e. The fraction of sp³-hybridized carbons (Fsp3) is 0.421. The van der Waals surface area contributed by atoms with Crippen LogP contribution in [0.25, 0.3) is 0 Å². The molecule has 1 fully saturated rings. The van der Waals surface area contributed by atoms with E-state index in [9.17, 15) is 4.79 Å². The minimum Gasteiger partial charge on any atom is -0.492 e. The highest BCUT2D eigenvalue weighted by Crippen LogP contribution is 2.40. The minimum atomic E-state index is -0.315. The molecule has 2 aromatic rings. The second-order valence-corrected chi connectivity index (χ2v) is 7.50. The number of nitrogens with one attached hydrogen (secondary N) is 1. The lowest BCUT2D eigenvalue weighted by Gasteiger charge is -2.15. The Hall–Kier alpha value is -2.28. The number of hydrogen-bond donors (Lipinski definition) is 1. The van der Waals surface area contributed by atoms with Crippen LogP contribution in [0.5, 0.6) is 5.75 Å². The molecule has 0 bridgehead atoms. The number of thioether (sulfide) groups is 1. The van der Waals surface area contributed by atoms with Crippen molar-refractivity contribution < 1.29 is 9.53 Å². The van der Waals surface area contributed by atoms with Gasteiger partial charge in [0.1, 0.15) is 11.6 Å². The summed E-state index contributed by atoms with van der Waals surface area (Å²) in [6.07, 6.45) is 4.15. The van der Waals surface area contributed by atoms with Crippen LogP contribution < -0.4 is 10.1 Å². The first-order valence-electron chi connectivity index (χ1n) is 8.87. The van der Waals surface area contributed by atoms with Crippen LogP contribution in [0.15, 0.2) is 42.1 Å². The molecule has 1 aliphatic rings. The van der Waals surface area contributed by atoms with Crippen LogP contribution >= 0.6 is 11.8 Å². The molecule has 7 heteroatoms. The van der Waals surface area contributed by atoms with Crippen LogP contribution in [0.4, 0.5) is 5.69 Å². The van der Waals surface area contributed by atoms with E-state index in [1.54, 1.807) is 0 Å². The summed E-state index contributed by atoms with van der Waals surface area (Å²) in [4.78, 5) is 12.6. The first-order chi connectivity index (χ1) is 12.6. The maximum Gasteiger partial charge on any atom is 0.237 e. The van der Waals surface area contributed by atoms with E-state index in [1.807, 2.05) is 44.2 Å². The predicted octanol–water partition coefficient (Wildman–Crippen LogP) is 3.86. The molecule has 3 rings (SSSR count). The van der Waals surface area contributed by atoms with Gasteiger partial charge in [0, 0.05) is 12.5 Å². The van der Waals surface area contributed by atoms with Crippen LogP contribution in [0.2, 0.25) is 0 Å². The van der Waals surface area contributed by atoms with Crippen molar-refractivity contribution >= 4 is 23.4 Å². The molecule has 0 spiro atoms. The number of ether oxygens (including phenoxy) is 1. The Morgan fingerprint density at radius 1 is 1.46 bits per heavy atom. The predicted molar refractivity (Wildman–Crippen MR) is 104 cm³/mol. The van der Waals surface area contributed by atoms with Gasteiger partial charge in [-0.1, -0.05) is 30.0 Å². The lowest BCUT2D eigenvalue weighted by Crippen LogP contribution is -2.23. The normalized spacial score (nSPS) is 14.7. The quantitative estimate of drug-likeness (QED) is 0.535. The fourth-order valence-electron chi connectivity index (χ4n) is 2.63. The zero-order valence-corrected chi connectivity index (χ0v) is 16.0. The van der Waals surface area contributed by atoms with Gasteiger partial charge in [-0.15, -0.1) is 16.8 Å². The van der Waals surface area contributed by atoms with Crippen LogP contribution in [0, 0.1) is 0 Å². The van der Waals surface area contributed by atoms with Crippen molar-refractivity contribution in [3.63, 3.8) is 0 Å². The molecular formula is C19H24N4O2S. The number of anilines is 1. The Morgan fingerprint density at radius 2 is 2.23 bits per heavy atom. The van der Waals surface area contributed by atoms with Gasteiger partial charge in [0.2, 0.25) is 5.91 Å². The van der Waals surface area contributed by atoms with Crippen molar-refractivity contribution in [2.45, 2.75) is 49.6 Å². The zero-order valence-electron chi connectivity index (χ0n) is 15.1. The Labute approximate surface area is 158 Å². The third-order valence-electron chi connectivity index (χ3n) is 4.10. The third-order valence-corrected chi connectivity index (χ3v) is 5.18. The van der Waals surface area contributed by atoms with Crippen molar-refractivity contribution in [2.75, 3.05) is 11.9 Å². The van der Waals surface area contributed by atoms with Gasteiger partial charge in [-0.3, -0.25) is 4.79 Å². The third kappa shape index (κ3) is 4.27. The molecule has 1 aromatic carbocycles. The molecule has 1 aromatic heterocycles. The van der Waals surface area contributed by atoms with Crippen molar-refractivity contribution in [3.8, 4) is 5.75 Å². The van der Waals surface area contributed by atoms with E-state index < -0.39 is 0 Å². The van der Waals surface area contributed by atoms with Gasteiger partial charge in [-0.25, -0.2) is 0 Å². The summed E-state index contributed by atoms with van der Waals surface area (Å²) in [7, 11) is 0. The highest BCUT2D eigenvalue weighted by Gasteiger charge is 2.31. The van der Waals surface area contributed by atoms with Crippen LogP contribution in [0.3, 0.4) is 0 Å². The number of amides is 1. The number of hydrogen-bond acceptors (Lipinski definition) is 5. The summed E-state index contributed by atoms with van der Waals surface area (Å²) in [5.74, 6) is 2.08. The maximum atomic E-state index is 12.6. The summed E-state index contributed by atoms with van der Waals surface area (Å²) in [5, 5.41) is 12.0. The Balaban J connectivity index is 1.69. The summed E-state index contributed by atoms with van der Waals surface area (Å²) in [6.45, 7) is 8.80. The Bertz CT molecular complexity index is 786. The van der Waals surface area contributed by atoms with E-state index in [0.717, 1.165) is 23.8 Å². The number of allylic oxidation sites excluding steroid dienone is 1. The summed E-state index contributed by atoms with van der Waals surface area (Å²) >= 11 is 1.41. The SMILES string of the molecule is C=CCn1c(SC(C)C(=O)Nc2ccccc2OCC)nnc1C1CC1. The highest BCUT2D eigenvalue weighted by atomic mass is 32.2. The molecule has 138 valence electrons. The number of rotatable bonds is 9. The number of carbonyl (C=O) groups excluding carboxylic acids is 1. The van der Waals surface area contributed by atoms with E-state index in [4.69, 9.17) is 4.74 Å². The number of aromatic nitrogens is 3. The minimum absolute atomic E-state index is 0.0942. The molecule has 1 heterocycles. The van der Waals surface area contributed by atoms with Crippen LogP contribution in [-0.4, -0.2) is 32.5 Å². The second kappa shape index (κ2) is 8.40. The molecule has 1 amide bonds. The first-order valence-corrected chi connectivity index (χ1v) is 9.75. The first kappa shape index (κ1) is 18.5. The molecular weight excluding hydrogens is 348 g/mol. The Kier molecular flexibility index (Phi) is 5.98. The maximum absolute atomic E-state index is 12.6. The van der Waals surface area contributed by atoms with Gasteiger partial charge < -0.3 is 14.6 Å². The zero-order chi connectivity index (χ0) is 18.5. The van der Waals surface area contributed by atoms with Gasteiger partial charge in [-0.2, -0.15) is 0 Å². The summed E-state index contributed by atoms with van der Waals surface area (Å²) in [5.41, 5.74) is 0.679. The molecule has 1 aliphatic carbocycles. The van der Waals surface area contributed by atoms with Gasteiger partial charge in [-0.05, 0) is 38.8 Å². The molecule has 1 N–H and O–H groups in total. The molecule has 1 unspecified atom stereocenters. The largest absolute Gasteiger partial charge is 0.492 e. The second-order valence-electron chi connectivity index (χ2n) is 6.19. The van der Waals surface area contributed by atoms with Gasteiger partial charge in [0.05, 0.1) is 17.5 Å². The van der Waals surface area contributed by atoms with Crippen molar-refractivity contribution in [1.82, 2.24) is 14.8 Å². The van der Waals surface area contributed by atoms with Gasteiger partial charge in [0.25, 0.3) is 0 Å². The number of benzene rings is 1. The molecule has 1 atom stereocenters. The van der Waals surface area contributed by atoms with E-state index in [-0.39, 0.29) is 11.2 Å². The van der Waals surface area contributed by atoms with Crippen molar-refractivity contribution in [3.05, 3.63) is 42.7 Å². The molecule has 0 aliphatic heterocycles. The average molecular weight is 372 g/mol. The van der Waals surface area contributed by atoms with E-state index in [1.165, 1.54) is 11.8 Å². The van der Waals surface area contributed by atoms with Gasteiger partial charge in [0.15, 0.2) is 5.16 Å². The fourth-order valence-corrected chi connectivity index (χ4v) is 3.49. The summed E-state index contributed by atoms with van der Waals surface area (Å²) in [6, 6.07) is 7.44. The van der Waals surface area contributed by atoms with E-state index in [0.29, 0.717) is 30.5 Å². The lowest BCUT2D eigenvalue weighted by atomic mass is 10.3. The lowest BCUT2D eigenvalue weighted by molar-refractivity contribution is -0.115. The number of nitrogens with zero attached hydrogens (tertiary/aromatic N) is 3. The molecule has 0 radical (unpaired) electrons. The standard InChI is InChI=1S/C19H24N4O2S/c1-4-12-23-17(14-10-11-14)21-22-19(23)26-13(3)18(24)20-15-8-6-7-9-16(15)25-5-2/h4,6-9,13-14H,1,5,10-12H2,2-3H3,(H,20,24). The summed E-state index contributed by atoms with van der Waals surface area (Å²) < 4.78 is 7.63. The highest BCUT2D eigenvalue weighted by molar-refractivity contribution is 8.00. The topological polar surface area (TPSA) is 69.0 Å². The van der Waals surface area contributed by atoms with Crippen LogP contribution in [-0.2, 0) is 11.3 Å². The molecule has 0 saturated heterocycles. The monoisotopic (exact) mass is 372 g/mol. The molecule has 26 heavy (non-hydrogen) atoms. The number of carbonyl (C=O) groups is 1. The van der Waals surface area contributed by atoms with E-state index in [2.05, 4.69) is 26.7 Å².